The van der Waals surface area contributed by atoms with E-state index in [1.54, 1.807) is 26.0 Å². The molecule has 2 amide bonds. The molecule has 0 heterocycles. The van der Waals surface area contributed by atoms with Crippen molar-refractivity contribution in [2.45, 2.75) is 30.9 Å². The quantitative estimate of drug-likeness (QED) is 0.278. The minimum absolute atomic E-state index is 0.0209. The first kappa shape index (κ1) is 23.0. The number of hydrogen-bond donors (Lipinski definition) is 2. The zero-order chi connectivity index (χ0) is 23.3. The summed E-state index contributed by atoms with van der Waals surface area (Å²) >= 11 is 1.35. The van der Waals surface area contributed by atoms with Crippen LogP contribution in [0.5, 0.6) is 0 Å². The van der Waals surface area contributed by atoms with E-state index in [1.807, 2.05) is 43.3 Å². The van der Waals surface area contributed by atoms with Crippen LogP contribution >= 0.6 is 11.8 Å². The van der Waals surface area contributed by atoms with E-state index in [0.29, 0.717) is 22.5 Å². The van der Waals surface area contributed by atoms with E-state index in [-0.39, 0.29) is 17.5 Å². The molecule has 0 spiro atoms. The first-order chi connectivity index (χ1) is 15.2. The Morgan fingerprint density at radius 2 is 1.72 bits per heavy atom. The van der Waals surface area contributed by atoms with Gasteiger partial charge in [-0.1, -0.05) is 23.8 Å². The van der Waals surface area contributed by atoms with Gasteiger partial charge in [-0.25, -0.2) is 0 Å². The maximum absolute atomic E-state index is 12.6. The lowest BCUT2D eigenvalue weighted by atomic mass is 10.1. The number of carbonyl (C=O) groups excluding carboxylic acids is 2. The van der Waals surface area contributed by atoms with Crippen LogP contribution in [0.4, 0.5) is 17.1 Å². The van der Waals surface area contributed by atoms with E-state index in [9.17, 15) is 19.7 Å². The van der Waals surface area contributed by atoms with Gasteiger partial charge in [-0.15, -0.1) is 11.8 Å². The molecule has 1 atom stereocenters. The average molecular weight is 450 g/mol. The summed E-state index contributed by atoms with van der Waals surface area (Å²) in [5, 5.41) is 16.2. The predicted octanol–water partition coefficient (Wildman–Crippen LogP) is 5.58. The van der Waals surface area contributed by atoms with Crippen molar-refractivity contribution in [3.8, 4) is 0 Å². The highest BCUT2D eigenvalue weighted by Gasteiger charge is 2.17. The topological polar surface area (TPSA) is 101 Å². The Morgan fingerprint density at radius 1 is 0.969 bits per heavy atom. The van der Waals surface area contributed by atoms with Gasteiger partial charge in [-0.2, -0.15) is 0 Å². The van der Waals surface area contributed by atoms with Crippen LogP contribution in [0.1, 0.15) is 28.4 Å². The first-order valence-corrected chi connectivity index (χ1v) is 10.8. The van der Waals surface area contributed by atoms with E-state index in [1.165, 1.54) is 30.0 Å². The highest BCUT2D eigenvalue weighted by atomic mass is 32.2. The van der Waals surface area contributed by atoms with Gasteiger partial charge in [0.05, 0.1) is 10.2 Å². The molecular weight excluding hydrogens is 426 g/mol. The van der Waals surface area contributed by atoms with Gasteiger partial charge in [0, 0.05) is 34.0 Å². The molecule has 0 radical (unpaired) electrons. The number of anilines is 2. The molecule has 0 bridgehead atoms. The summed E-state index contributed by atoms with van der Waals surface area (Å²) in [5.74, 6) is -0.420. The molecule has 3 rings (SSSR count). The van der Waals surface area contributed by atoms with E-state index >= 15 is 0 Å². The maximum Gasteiger partial charge on any atom is 0.269 e. The number of carbonyl (C=O) groups is 2. The van der Waals surface area contributed by atoms with Gasteiger partial charge in [-0.05, 0) is 62.7 Å². The molecule has 7 nitrogen and oxygen atoms in total. The van der Waals surface area contributed by atoms with Crippen LogP contribution < -0.4 is 10.6 Å². The third kappa shape index (κ3) is 5.95. The Bertz CT molecular complexity index is 1180. The lowest BCUT2D eigenvalue weighted by Crippen LogP contribution is -2.22. The van der Waals surface area contributed by atoms with Crippen molar-refractivity contribution in [3.63, 3.8) is 0 Å². The molecule has 0 aliphatic heterocycles. The number of nitrogens with one attached hydrogen (secondary N) is 2. The number of benzene rings is 3. The fourth-order valence-corrected chi connectivity index (χ4v) is 3.96. The van der Waals surface area contributed by atoms with Crippen LogP contribution in [0.2, 0.25) is 0 Å². The van der Waals surface area contributed by atoms with Crippen molar-refractivity contribution in [1.82, 2.24) is 0 Å². The normalized spacial score (nSPS) is 11.5. The second kappa shape index (κ2) is 10.1. The maximum atomic E-state index is 12.6. The monoisotopic (exact) mass is 449 g/mol. The minimum Gasteiger partial charge on any atom is -0.325 e. The van der Waals surface area contributed by atoms with Crippen LogP contribution in [0.25, 0.3) is 0 Å². The standard InChI is InChI=1S/C24H23N3O4S/c1-15-6-4-7-18(12-15)24(29)25-19-8-5-9-21(14-19)32-17(3)23(28)26-22-11-10-20(27(30)31)13-16(22)2/h4-14,17H,1-3H3,(H,25,29)(H,26,28). The van der Waals surface area contributed by atoms with Gasteiger partial charge in [0.25, 0.3) is 11.6 Å². The fraction of sp³-hybridized carbons (Fsp3) is 0.167. The van der Waals surface area contributed by atoms with Crippen LogP contribution in [0.3, 0.4) is 0 Å². The molecule has 32 heavy (non-hydrogen) atoms. The summed E-state index contributed by atoms with van der Waals surface area (Å²) in [4.78, 5) is 36.4. The zero-order valence-corrected chi connectivity index (χ0v) is 18.7. The number of aryl methyl sites for hydroxylation is 2. The van der Waals surface area contributed by atoms with Crippen LogP contribution in [0.15, 0.2) is 71.6 Å². The number of nitro groups is 1. The molecule has 8 heteroatoms. The van der Waals surface area contributed by atoms with Gasteiger partial charge >= 0.3 is 0 Å². The van der Waals surface area contributed by atoms with E-state index in [0.717, 1.165) is 10.5 Å². The molecule has 0 aliphatic rings. The van der Waals surface area contributed by atoms with Gasteiger partial charge in [0.15, 0.2) is 0 Å². The van der Waals surface area contributed by atoms with Crippen LogP contribution in [-0.4, -0.2) is 22.0 Å². The average Bonchev–Trinajstić information content (AvgIpc) is 2.75. The molecular formula is C24H23N3O4S. The second-order valence-corrected chi connectivity index (χ2v) is 8.77. The lowest BCUT2D eigenvalue weighted by molar-refractivity contribution is -0.384. The number of nitrogens with zero attached hydrogens (tertiary/aromatic N) is 1. The Balaban J connectivity index is 1.64. The summed E-state index contributed by atoms with van der Waals surface area (Å²) in [5.41, 5.74) is 3.35. The van der Waals surface area contributed by atoms with E-state index in [4.69, 9.17) is 0 Å². The summed E-state index contributed by atoms with van der Waals surface area (Å²) in [6.07, 6.45) is 0. The van der Waals surface area contributed by atoms with Crippen molar-refractivity contribution in [2.24, 2.45) is 0 Å². The smallest absolute Gasteiger partial charge is 0.269 e. The van der Waals surface area contributed by atoms with E-state index in [2.05, 4.69) is 10.6 Å². The number of hydrogen-bond acceptors (Lipinski definition) is 5. The van der Waals surface area contributed by atoms with Crippen molar-refractivity contribution in [2.75, 3.05) is 10.6 Å². The molecule has 1 unspecified atom stereocenters. The van der Waals surface area contributed by atoms with Crippen molar-refractivity contribution in [3.05, 3.63) is 93.5 Å². The Kier molecular flexibility index (Phi) is 7.27. The third-order valence-electron chi connectivity index (χ3n) is 4.73. The molecule has 0 aliphatic carbocycles. The van der Waals surface area contributed by atoms with Gasteiger partial charge in [0.1, 0.15) is 0 Å². The summed E-state index contributed by atoms with van der Waals surface area (Å²) in [6, 6.07) is 19.0. The number of amides is 2. The zero-order valence-electron chi connectivity index (χ0n) is 17.9. The van der Waals surface area contributed by atoms with Crippen molar-refractivity contribution in [1.29, 1.82) is 0 Å². The lowest BCUT2D eigenvalue weighted by Gasteiger charge is -2.14. The van der Waals surface area contributed by atoms with Crippen molar-refractivity contribution < 1.29 is 14.5 Å². The largest absolute Gasteiger partial charge is 0.325 e. The first-order valence-electron chi connectivity index (χ1n) is 9.93. The van der Waals surface area contributed by atoms with Crippen molar-refractivity contribution >= 4 is 40.6 Å². The summed E-state index contributed by atoms with van der Waals surface area (Å²) < 4.78 is 0. The Hall–Kier alpha value is -3.65. The Labute approximate surface area is 190 Å². The molecule has 0 fully saturated rings. The second-order valence-electron chi connectivity index (χ2n) is 7.36. The van der Waals surface area contributed by atoms with Gasteiger partial charge < -0.3 is 10.6 Å². The fourth-order valence-electron chi connectivity index (χ4n) is 3.03. The number of non-ortho nitro benzene ring substituents is 1. The Morgan fingerprint density at radius 3 is 2.41 bits per heavy atom. The van der Waals surface area contributed by atoms with Gasteiger partial charge in [-0.3, -0.25) is 19.7 Å². The number of rotatable bonds is 7. The summed E-state index contributed by atoms with van der Waals surface area (Å²) in [6.45, 7) is 5.41. The molecule has 0 saturated heterocycles. The molecule has 0 saturated carbocycles. The van der Waals surface area contributed by atoms with Crippen LogP contribution in [-0.2, 0) is 4.79 Å². The molecule has 3 aromatic rings. The minimum atomic E-state index is -0.470. The van der Waals surface area contributed by atoms with E-state index < -0.39 is 10.2 Å². The molecule has 3 aromatic carbocycles. The number of thioether (sulfide) groups is 1. The SMILES string of the molecule is Cc1cccc(C(=O)Nc2cccc(SC(C)C(=O)Nc3ccc([N+](=O)[O-])cc3C)c2)c1. The highest BCUT2D eigenvalue weighted by Crippen LogP contribution is 2.28. The molecule has 0 aromatic heterocycles. The number of nitro benzene ring substituents is 1. The predicted molar refractivity (Wildman–Crippen MR) is 127 cm³/mol. The summed E-state index contributed by atoms with van der Waals surface area (Å²) in [7, 11) is 0. The third-order valence-corrected chi connectivity index (χ3v) is 5.83. The highest BCUT2D eigenvalue weighted by molar-refractivity contribution is 8.00. The molecule has 164 valence electrons. The van der Waals surface area contributed by atoms with Crippen LogP contribution in [0, 0.1) is 24.0 Å². The molecule has 2 N–H and O–H groups in total. The van der Waals surface area contributed by atoms with Gasteiger partial charge in [0.2, 0.25) is 5.91 Å².